The maximum atomic E-state index is 14.5. The lowest BCUT2D eigenvalue weighted by Crippen LogP contribution is -2.55. The summed E-state index contributed by atoms with van der Waals surface area (Å²) in [5.74, 6) is -1.33. The molecule has 4 aromatic rings. The van der Waals surface area contributed by atoms with Crippen molar-refractivity contribution in [2.75, 3.05) is 13.2 Å². The van der Waals surface area contributed by atoms with Crippen molar-refractivity contribution < 1.29 is 29.0 Å². The minimum atomic E-state index is -1.27. The molecule has 2 aliphatic carbocycles. The molecule has 15 heteroatoms. The maximum Gasteiger partial charge on any atom is 0.339 e. The first kappa shape index (κ1) is 40.3. The Labute approximate surface area is 333 Å². The molecule has 0 bridgehead atoms. The highest BCUT2D eigenvalue weighted by Crippen LogP contribution is 2.50. The predicted molar refractivity (Wildman–Crippen MR) is 218 cm³/mol. The largest absolute Gasteiger partial charge is 0.483 e. The second kappa shape index (κ2) is 16.5. The molecule has 4 N–H and O–H groups in total. The number of benzene rings is 1. The standard InChI is InChI=1S/C42H55N7O7Si/c1-27(19-29-20-31(29)33-23-44-38-35(46-33)32(40(52)53)24-47(38)26-55-17-18-57(2,3)4)48-15-16-49-30(22-45-41(54)42(43)13-9-6-10-14-42)21-34(50)37(36(49)39(48)51)56-25-28-11-7-5-8-12-28/h5,7-8,11-12,21,23-24,27,29,31H,6,9-10,13-20,22,25-26,43H2,1-4H3,(H,45,54)(H,52,53). The number of hydrogen-bond acceptors (Lipinski definition) is 9. The summed E-state index contributed by atoms with van der Waals surface area (Å²) in [6, 6.07) is 11.8. The van der Waals surface area contributed by atoms with Gasteiger partial charge in [-0.2, -0.15) is 0 Å². The smallest absolute Gasteiger partial charge is 0.339 e. The summed E-state index contributed by atoms with van der Waals surface area (Å²) >= 11 is 0. The number of fused-ring (bicyclic) bond motifs is 2. The van der Waals surface area contributed by atoms with Gasteiger partial charge in [-0.1, -0.05) is 69.2 Å². The minimum absolute atomic E-state index is 0.00564. The molecule has 0 radical (unpaired) electrons. The summed E-state index contributed by atoms with van der Waals surface area (Å²) in [6.07, 6.45) is 8.88. The van der Waals surface area contributed by atoms with Crippen molar-refractivity contribution in [3.63, 3.8) is 0 Å². The zero-order valence-corrected chi connectivity index (χ0v) is 34.5. The minimum Gasteiger partial charge on any atom is -0.483 e. The number of rotatable bonds is 16. The van der Waals surface area contributed by atoms with Crippen LogP contribution in [-0.4, -0.2) is 79.7 Å². The van der Waals surface area contributed by atoms with Crippen LogP contribution in [0.1, 0.15) is 95.6 Å². The summed E-state index contributed by atoms with van der Waals surface area (Å²) < 4.78 is 15.5. The molecule has 3 aromatic heterocycles. The zero-order chi connectivity index (χ0) is 40.5. The summed E-state index contributed by atoms with van der Waals surface area (Å²) in [7, 11) is -1.27. The third kappa shape index (κ3) is 9.00. The quantitative estimate of drug-likeness (QED) is 0.0967. The van der Waals surface area contributed by atoms with Crippen molar-refractivity contribution in [1.29, 1.82) is 0 Å². The summed E-state index contributed by atoms with van der Waals surface area (Å²) in [4.78, 5) is 64.9. The molecule has 0 spiro atoms. The lowest BCUT2D eigenvalue weighted by atomic mass is 9.82. The Morgan fingerprint density at radius 2 is 1.86 bits per heavy atom. The molecule has 1 aromatic carbocycles. The maximum absolute atomic E-state index is 14.5. The first-order valence-corrected chi connectivity index (χ1v) is 23.9. The van der Waals surface area contributed by atoms with Crippen molar-refractivity contribution in [1.82, 2.24) is 29.3 Å². The van der Waals surface area contributed by atoms with Gasteiger partial charge < -0.3 is 39.7 Å². The van der Waals surface area contributed by atoms with E-state index in [0.29, 0.717) is 55.8 Å². The van der Waals surface area contributed by atoms with Crippen molar-refractivity contribution in [2.45, 2.75) is 121 Å². The number of carbonyl (C=O) groups excluding carboxylic acids is 2. The molecule has 2 saturated carbocycles. The first-order valence-electron chi connectivity index (χ1n) is 20.2. The van der Waals surface area contributed by atoms with E-state index < -0.39 is 25.0 Å². The number of hydrogen-bond donors (Lipinski definition) is 3. The third-order valence-corrected chi connectivity index (χ3v) is 13.5. The van der Waals surface area contributed by atoms with E-state index in [2.05, 4.69) is 29.9 Å². The van der Waals surface area contributed by atoms with Crippen LogP contribution >= 0.6 is 0 Å². The number of nitrogens with one attached hydrogen (secondary N) is 1. The molecular weight excluding hydrogens is 743 g/mol. The molecule has 7 rings (SSSR count). The fourth-order valence-corrected chi connectivity index (χ4v) is 9.02. The third-order valence-electron chi connectivity index (χ3n) is 11.8. The number of ether oxygens (including phenoxy) is 2. The SMILES string of the molecule is CC(CC1CC1c1cnc2c(n1)c(C(=O)O)cn2COCC[Si](C)(C)C)N1CCn2c(CNC(=O)C3(N)CCCCC3)cc(=O)c(OCc3ccccc3)c2C1=O. The van der Waals surface area contributed by atoms with Crippen LogP contribution in [-0.2, 0) is 36.0 Å². The van der Waals surface area contributed by atoms with Crippen LogP contribution < -0.4 is 21.2 Å². The van der Waals surface area contributed by atoms with Crippen molar-refractivity contribution in [3.8, 4) is 5.75 Å². The van der Waals surface area contributed by atoms with Crippen molar-refractivity contribution in [3.05, 3.63) is 87.2 Å². The van der Waals surface area contributed by atoms with Crippen LogP contribution in [0.15, 0.2) is 53.6 Å². The topological polar surface area (TPSA) is 184 Å². The van der Waals surface area contributed by atoms with Gasteiger partial charge in [0.1, 0.15) is 24.4 Å². The lowest BCUT2D eigenvalue weighted by Gasteiger charge is -2.36. The fraction of sp³-hybridized carbons (Fsp3) is 0.524. The van der Waals surface area contributed by atoms with Crippen LogP contribution in [0, 0.1) is 5.92 Å². The Hall–Kier alpha value is -4.86. The molecule has 57 heavy (non-hydrogen) atoms. The van der Waals surface area contributed by atoms with E-state index in [0.717, 1.165) is 43.0 Å². The highest BCUT2D eigenvalue weighted by Gasteiger charge is 2.43. The Balaban J connectivity index is 1.07. The van der Waals surface area contributed by atoms with Crippen LogP contribution in [0.4, 0.5) is 0 Å². The molecule has 2 fully saturated rings. The molecule has 14 nitrogen and oxygen atoms in total. The van der Waals surface area contributed by atoms with E-state index in [9.17, 15) is 24.3 Å². The van der Waals surface area contributed by atoms with Gasteiger partial charge in [0.15, 0.2) is 17.1 Å². The Morgan fingerprint density at radius 3 is 2.58 bits per heavy atom. The highest BCUT2D eigenvalue weighted by molar-refractivity contribution is 6.76. The first-order chi connectivity index (χ1) is 27.2. The molecule has 3 aliphatic rings. The second-order valence-electron chi connectivity index (χ2n) is 17.3. The molecule has 1 aliphatic heterocycles. The Kier molecular flexibility index (Phi) is 11.7. The van der Waals surface area contributed by atoms with Crippen molar-refractivity contribution in [2.24, 2.45) is 11.7 Å². The number of aromatic nitrogens is 4. The number of carboxylic acid groups (broad SMARTS) is 1. The Bertz CT molecular complexity index is 2190. The monoisotopic (exact) mass is 797 g/mol. The van der Waals surface area contributed by atoms with Gasteiger partial charge in [-0.05, 0) is 50.1 Å². The van der Waals surface area contributed by atoms with E-state index in [1.807, 2.05) is 41.8 Å². The summed E-state index contributed by atoms with van der Waals surface area (Å²) in [5, 5.41) is 13.0. The fourth-order valence-electron chi connectivity index (χ4n) is 8.26. The number of carbonyl (C=O) groups is 3. The predicted octanol–water partition coefficient (Wildman–Crippen LogP) is 5.50. The molecule has 304 valence electrons. The molecule has 3 unspecified atom stereocenters. The average molecular weight is 798 g/mol. The number of carboxylic acids is 1. The summed E-state index contributed by atoms with van der Waals surface area (Å²) in [6.45, 7) is 10.7. The van der Waals surface area contributed by atoms with Gasteiger partial charge in [0.25, 0.3) is 5.91 Å². The highest BCUT2D eigenvalue weighted by atomic mass is 28.3. The number of aromatic carboxylic acids is 1. The van der Waals surface area contributed by atoms with E-state index in [4.69, 9.17) is 20.2 Å². The van der Waals surface area contributed by atoms with Gasteiger partial charge >= 0.3 is 5.97 Å². The normalized spacial score (nSPS) is 19.6. The van der Waals surface area contributed by atoms with E-state index in [1.54, 1.807) is 21.9 Å². The van der Waals surface area contributed by atoms with Crippen LogP contribution in [0.3, 0.4) is 0 Å². The van der Waals surface area contributed by atoms with Gasteiger partial charge in [-0.25, -0.2) is 14.8 Å². The lowest BCUT2D eigenvalue weighted by molar-refractivity contribution is -0.127. The van der Waals surface area contributed by atoms with E-state index >= 15 is 0 Å². The number of amides is 2. The van der Waals surface area contributed by atoms with Crippen LogP contribution in [0.5, 0.6) is 5.75 Å². The van der Waals surface area contributed by atoms with Gasteiger partial charge in [0.05, 0.1) is 24.0 Å². The van der Waals surface area contributed by atoms with Crippen LogP contribution in [0.2, 0.25) is 25.7 Å². The van der Waals surface area contributed by atoms with Crippen LogP contribution in [0.25, 0.3) is 11.2 Å². The van der Waals surface area contributed by atoms with Gasteiger partial charge in [-0.3, -0.25) is 14.4 Å². The average Bonchev–Trinajstić information content (AvgIpc) is 3.85. The molecule has 0 saturated heterocycles. The van der Waals surface area contributed by atoms with Gasteiger partial charge in [-0.15, -0.1) is 0 Å². The Morgan fingerprint density at radius 1 is 1.11 bits per heavy atom. The molecule has 3 atom stereocenters. The molecular formula is C42H55N7O7Si. The van der Waals surface area contributed by atoms with Gasteiger partial charge in [0.2, 0.25) is 11.3 Å². The second-order valence-corrected chi connectivity index (χ2v) is 22.9. The number of nitrogens with two attached hydrogens (primary N) is 1. The van der Waals surface area contributed by atoms with Crippen molar-refractivity contribution >= 4 is 37.0 Å². The molecule has 2 amide bonds. The zero-order valence-electron chi connectivity index (χ0n) is 33.5. The number of pyridine rings is 1. The van der Waals surface area contributed by atoms with E-state index in [-0.39, 0.29) is 66.6 Å². The van der Waals surface area contributed by atoms with Gasteiger partial charge in [0, 0.05) is 57.7 Å². The molecule has 4 heterocycles. The number of nitrogens with zero attached hydrogens (tertiary/aromatic N) is 5. The summed E-state index contributed by atoms with van der Waals surface area (Å²) in [5.41, 5.74) is 8.35. The van der Waals surface area contributed by atoms with E-state index in [1.165, 1.54) is 6.07 Å².